The van der Waals surface area contributed by atoms with Gasteiger partial charge in [-0.2, -0.15) is 0 Å². The van der Waals surface area contributed by atoms with E-state index in [4.69, 9.17) is 5.11 Å². The molecule has 1 aromatic rings. The van der Waals surface area contributed by atoms with Crippen LogP contribution in [-0.2, 0) is 0 Å². The van der Waals surface area contributed by atoms with E-state index < -0.39 is 4.92 Å². The van der Waals surface area contributed by atoms with E-state index in [1.165, 1.54) is 12.1 Å². The maximum Gasteiger partial charge on any atom is 0.324 e. The smallest absolute Gasteiger partial charge is 0.324 e. The normalized spacial score (nSPS) is 15.2. The summed E-state index contributed by atoms with van der Waals surface area (Å²) in [6.07, 6.45) is 2.98. The number of hydrogen-bond donors (Lipinski definition) is 1. The predicted octanol–water partition coefficient (Wildman–Crippen LogP) is 1.64. The van der Waals surface area contributed by atoms with Gasteiger partial charge in [0.05, 0.1) is 16.4 Å². The van der Waals surface area contributed by atoms with Crippen LogP contribution < -0.4 is 0 Å². The topological polar surface area (TPSA) is 83.7 Å². The molecule has 1 heterocycles. The molecule has 1 aliphatic rings. The molecular formula is C11H14N2O4S. The molecule has 0 radical (unpaired) electrons. The summed E-state index contributed by atoms with van der Waals surface area (Å²) in [5.41, 5.74) is 0. The first-order chi connectivity index (χ1) is 8.63. The van der Waals surface area contributed by atoms with Crippen LogP contribution in [-0.4, -0.2) is 40.0 Å². The minimum atomic E-state index is -0.499. The monoisotopic (exact) mass is 270 g/mol. The van der Waals surface area contributed by atoms with Crippen LogP contribution in [0.2, 0.25) is 0 Å². The third-order valence-electron chi connectivity index (χ3n) is 3.10. The number of hydrogen-bond acceptors (Lipinski definition) is 5. The number of carbonyl (C=O) groups excluding carboxylic acids is 1. The highest BCUT2D eigenvalue weighted by Crippen LogP contribution is 2.29. The standard InChI is InChI=1S/C11H14N2O4S/c14-7-6-12(8-2-1-3-8)11(15)9-4-5-10(18-9)13(16)17/h4-5,8,14H,1-3,6-7H2. The average Bonchev–Trinajstić information content (AvgIpc) is 2.74. The highest BCUT2D eigenvalue weighted by molar-refractivity contribution is 7.17. The van der Waals surface area contributed by atoms with Gasteiger partial charge in [0, 0.05) is 18.7 Å². The minimum Gasteiger partial charge on any atom is -0.395 e. The summed E-state index contributed by atoms with van der Waals surface area (Å²) in [7, 11) is 0. The summed E-state index contributed by atoms with van der Waals surface area (Å²) in [4.78, 5) is 24.3. The van der Waals surface area contributed by atoms with Gasteiger partial charge in [-0.1, -0.05) is 11.3 Å². The van der Waals surface area contributed by atoms with Gasteiger partial charge in [-0.15, -0.1) is 0 Å². The van der Waals surface area contributed by atoms with E-state index in [1.807, 2.05) is 0 Å². The Morgan fingerprint density at radius 1 is 1.56 bits per heavy atom. The first kappa shape index (κ1) is 13.0. The zero-order chi connectivity index (χ0) is 13.1. The molecule has 0 atom stereocenters. The summed E-state index contributed by atoms with van der Waals surface area (Å²) < 4.78 is 0. The third-order valence-corrected chi connectivity index (χ3v) is 4.12. The molecule has 2 rings (SSSR count). The van der Waals surface area contributed by atoms with Crippen molar-refractivity contribution < 1.29 is 14.8 Å². The molecule has 1 amide bonds. The predicted molar refractivity (Wildman–Crippen MR) is 66.7 cm³/mol. The van der Waals surface area contributed by atoms with Gasteiger partial charge in [0.15, 0.2) is 0 Å². The zero-order valence-corrected chi connectivity index (χ0v) is 10.6. The summed E-state index contributed by atoms with van der Waals surface area (Å²) >= 11 is 0.883. The van der Waals surface area contributed by atoms with Crippen molar-refractivity contribution in [3.63, 3.8) is 0 Å². The summed E-state index contributed by atoms with van der Waals surface area (Å²) in [6.45, 7) is 0.199. The lowest BCUT2D eigenvalue weighted by molar-refractivity contribution is -0.380. The van der Waals surface area contributed by atoms with E-state index in [2.05, 4.69) is 0 Å². The molecule has 18 heavy (non-hydrogen) atoms. The van der Waals surface area contributed by atoms with Crippen molar-refractivity contribution in [1.82, 2.24) is 4.90 Å². The number of aliphatic hydroxyl groups excluding tert-OH is 1. The molecule has 0 saturated heterocycles. The van der Waals surface area contributed by atoms with Crippen molar-refractivity contribution in [3.8, 4) is 0 Å². The van der Waals surface area contributed by atoms with Crippen LogP contribution >= 0.6 is 11.3 Å². The maximum atomic E-state index is 12.2. The lowest BCUT2D eigenvalue weighted by atomic mass is 9.91. The van der Waals surface area contributed by atoms with Gasteiger partial charge in [0.2, 0.25) is 0 Å². The number of carbonyl (C=O) groups is 1. The van der Waals surface area contributed by atoms with Gasteiger partial charge in [-0.25, -0.2) is 0 Å². The number of nitrogens with zero attached hydrogens (tertiary/aromatic N) is 2. The Morgan fingerprint density at radius 3 is 2.72 bits per heavy atom. The van der Waals surface area contributed by atoms with E-state index >= 15 is 0 Å². The van der Waals surface area contributed by atoms with Crippen molar-refractivity contribution in [2.45, 2.75) is 25.3 Å². The van der Waals surface area contributed by atoms with Crippen LogP contribution in [0.3, 0.4) is 0 Å². The number of amides is 1. The Bertz CT molecular complexity index is 456. The van der Waals surface area contributed by atoms with Crippen LogP contribution in [0.4, 0.5) is 5.00 Å². The van der Waals surface area contributed by atoms with Gasteiger partial charge in [0.1, 0.15) is 0 Å². The van der Waals surface area contributed by atoms with E-state index in [0.717, 1.165) is 30.6 Å². The van der Waals surface area contributed by atoms with Gasteiger partial charge in [-0.3, -0.25) is 14.9 Å². The zero-order valence-electron chi connectivity index (χ0n) is 9.74. The Balaban J connectivity index is 2.13. The molecule has 0 aromatic carbocycles. The second kappa shape index (κ2) is 5.45. The summed E-state index contributed by atoms with van der Waals surface area (Å²) in [5, 5.41) is 19.5. The van der Waals surface area contributed by atoms with Crippen molar-refractivity contribution in [3.05, 3.63) is 27.1 Å². The van der Waals surface area contributed by atoms with Crippen molar-refractivity contribution in [1.29, 1.82) is 0 Å². The highest BCUT2D eigenvalue weighted by Gasteiger charge is 2.30. The molecule has 7 heteroatoms. The Morgan fingerprint density at radius 2 is 2.28 bits per heavy atom. The Kier molecular flexibility index (Phi) is 3.93. The van der Waals surface area contributed by atoms with Gasteiger partial charge >= 0.3 is 5.00 Å². The fraction of sp³-hybridized carbons (Fsp3) is 0.545. The molecule has 6 nitrogen and oxygen atoms in total. The molecule has 1 N–H and O–H groups in total. The molecule has 1 saturated carbocycles. The fourth-order valence-electron chi connectivity index (χ4n) is 1.94. The lowest BCUT2D eigenvalue weighted by Gasteiger charge is -2.37. The maximum absolute atomic E-state index is 12.2. The van der Waals surface area contributed by atoms with Crippen LogP contribution in [0.25, 0.3) is 0 Å². The molecule has 0 unspecified atom stereocenters. The van der Waals surface area contributed by atoms with Crippen LogP contribution in [0, 0.1) is 10.1 Å². The second-order valence-corrected chi connectivity index (χ2v) is 5.26. The number of nitro groups is 1. The third kappa shape index (κ3) is 2.51. The van der Waals surface area contributed by atoms with E-state index in [1.54, 1.807) is 4.90 Å². The van der Waals surface area contributed by atoms with Crippen molar-refractivity contribution in [2.75, 3.05) is 13.2 Å². The Labute approximate surface area is 108 Å². The quantitative estimate of drug-likeness (QED) is 0.651. The number of rotatable bonds is 5. The van der Waals surface area contributed by atoms with Crippen molar-refractivity contribution >= 4 is 22.2 Å². The second-order valence-electron chi connectivity index (χ2n) is 4.20. The molecule has 98 valence electrons. The van der Waals surface area contributed by atoms with Crippen LogP contribution in [0.15, 0.2) is 12.1 Å². The highest BCUT2D eigenvalue weighted by atomic mass is 32.1. The first-order valence-corrected chi connectivity index (χ1v) is 6.61. The number of thiophene rings is 1. The summed E-state index contributed by atoms with van der Waals surface area (Å²) in [6, 6.07) is 3.00. The number of aliphatic hydroxyl groups is 1. The molecule has 1 aromatic heterocycles. The van der Waals surface area contributed by atoms with E-state index in [9.17, 15) is 14.9 Å². The largest absolute Gasteiger partial charge is 0.395 e. The molecule has 1 aliphatic carbocycles. The molecular weight excluding hydrogens is 256 g/mol. The molecule has 0 spiro atoms. The van der Waals surface area contributed by atoms with Gasteiger partial charge < -0.3 is 10.0 Å². The van der Waals surface area contributed by atoms with E-state index in [-0.39, 0.29) is 30.1 Å². The minimum absolute atomic E-state index is 0.0316. The molecule has 1 fully saturated rings. The fourth-order valence-corrected chi connectivity index (χ4v) is 2.71. The average molecular weight is 270 g/mol. The molecule has 0 aliphatic heterocycles. The van der Waals surface area contributed by atoms with Crippen molar-refractivity contribution in [2.24, 2.45) is 0 Å². The van der Waals surface area contributed by atoms with Gasteiger partial charge in [0.25, 0.3) is 5.91 Å². The first-order valence-electron chi connectivity index (χ1n) is 5.79. The Hall–Kier alpha value is -1.47. The lowest BCUT2D eigenvalue weighted by Crippen LogP contribution is -2.45. The molecule has 0 bridgehead atoms. The van der Waals surface area contributed by atoms with Crippen LogP contribution in [0.5, 0.6) is 0 Å². The van der Waals surface area contributed by atoms with Crippen LogP contribution in [0.1, 0.15) is 28.9 Å². The SMILES string of the molecule is O=C(c1ccc([N+](=O)[O-])s1)N(CCO)C1CCC1. The summed E-state index contributed by atoms with van der Waals surface area (Å²) in [5.74, 6) is -0.216. The van der Waals surface area contributed by atoms with E-state index in [0.29, 0.717) is 4.88 Å². The van der Waals surface area contributed by atoms with Gasteiger partial charge in [-0.05, 0) is 25.3 Å².